The predicted octanol–water partition coefficient (Wildman–Crippen LogP) is 2.13. The Bertz CT molecular complexity index is 848. The minimum Gasteiger partial charge on any atom is -0.502 e. The van der Waals surface area contributed by atoms with Crippen molar-refractivity contribution < 1.29 is 14.3 Å². The van der Waals surface area contributed by atoms with E-state index in [0.717, 1.165) is 18.2 Å². The van der Waals surface area contributed by atoms with E-state index in [1.54, 1.807) is 17.0 Å². The van der Waals surface area contributed by atoms with E-state index in [4.69, 9.17) is 0 Å². The zero-order valence-corrected chi connectivity index (χ0v) is 14.1. The quantitative estimate of drug-likeness (QED) is 0.921. The lowest BCUT2D eigenvalue weighted by atomic mass is 10.0. The van der Waals surface area contributed by atoms with Gasteiger partial charge in [-0.05, 0) is 37.5 Å². The summed E-state index contributed by atoms with van der Waals surface area (Å²) in [5.74, 6) is -1.28. The molecule has 7 heteroatoms. The molecule has 1 aliphatic rings. The molecule has 3 rings (SSSR count). The van der Waals surface area contributed by atoms with Gasteiger partial charge in [-0.15, -0.1) is 0 Å². The normalized spacial score (nSPS) is 18.1. The van der Waals surface area contributed by atoms with E-state index in [0.29, 0.717) is 13.0 Å². The maximum atomic E-state index is 13.1. The molecule has 1 unspecified atom stereocenters. The molecule has 0 radical (unpaired) electrons. The molecule has 1 amide bonds. The Hall–Kier alpha value is -2.70. The third kappa shape index (κ3) is 3.14. The molecule has 1 aromatic heterocycles. The molecule has 1 N–H and O–H groups in total. The molecule has 1 aliphatic heterocycles. The zero-order valence-electron chi connectivity index (χ0n) is 14.1. The van der Waals surface area contributed by atoms with E-state index in [9.17, 15) is 19.1 Å². The summed E-state index contributed by atoms with van der Waals surface area (Å²) in [6.07, 6.45) is 2.27. The second kappa shape index (κ2) is 6.66. The van der Waals surface area contributed by atoms with Crippen molar-refractivity contribution in [2.24, 2.45) is 0 Å². The minimum absolute atomic E-state index is 0.0355. The molecule has 2 atom stereocenters. The summed E-state index contributed by atoms with van der Waals surface area (Å²) in [4.78, 5) is 26.2. The fourth-order valence-electron chi connectivity index (χ4n) is 3.10. The van der Waals surface area contributed by atoms with Crippen molar-refractivity contribution in [1.29, 1.82) is 0 Å². The molecular formula is C18H20FN3O3. The van der Waals surface area contributed by atoms with Crippen molar-refractivity contribution in [3.05, 3.63) is 57.8 Å². The van der Waals surface area contributed by atoms with Gasteiger partial charge in [0.05, 0.1) is 12.2 Å². The molecule has 2 heterocycles. The second-order valence-electron chi connectivity index (χ2n) is 6.35. The Morgan fingerprint density at radius 3 is 2.64 bits per heavy atom. The second-order valence-corrected chi connectivity index (χ2v) is 6.35. The summed E-state index contributed by atoms with van der Waals surface area (Å²) < 4.78 is 14.5. The van der Waals surface area contributed by atoms with Gasteiger partial charge >= 0.3 is 0 Å². The SMILES string of the molecule is CC[C@@H](C)N1CC(Cc2ccc(F)cc2)n2ncc(=O)c(O)c2C1=O. The van der Waals surface area contributed by atoms with Gasteiger partial charge in [-0.25, -0.2) is 4.39 Å². The lowest BCUT2D eigenvalue weighted by molar-refractivity contribution is 0.0560. The van der Waals surface area contributed by atoms with Crippen LogP contribution in [-0.2, 0) is 6.42 Å². The van der Waals surface area contributed by atoms with Gasteiger partial charge in [0, 0.05) is 12.6 Å². The average molecular weight is 345 g/mol. The van der Waals surface area contributed by atoms with E-state index >= 15 is 0 Å². The van der Waals surface area contributed by atoms with Crippen LogP contribution in [0, 0.1) is 5.82 Å². The van der Waals surface area contributed by atoms with Gasteiger partial charge < -0.3 is 10.0 Å². The number of carbonyl (C=O) groups excluding carboxylic acids is 1. The molecule has 0 saturated heterocycles. The Kier molecular flexibility index (Phi) is 4.57. The van der Waals surface area contributed by atoms with E-state index in [2.05, 4.69) is 5.10 Å². The van der Waals surface area contributed by atoms with Crippen molar-refractivity contribution in [3.63, 3.8) is 0 Å². The fraction of sp³-hybridized carbons (Fsp3) is 0.389. The molecule has 2 aromatic rings. The van der Waals surface area contributed by atoms with Crippen molar-refractivity contribution in [1.82, 2.24) is 14.7 Å². The summed E-state index contributed by atoms with van der Waals surface area (Å²) in [6, 6.07) is 5.84. The van der Waals surface area contributed by atoms with Gasteiger partial charge in [-0.1, -0.05) is 19.1 Å². The Morgan fingerprint density at radius 2 is 2.00 bits per heavy atom. The molecule has 1 aromatic carbocycles. The number of aromatic hydroxyl groups is 1. The summed E-state index contributed by atoms with van der Waals surface area (Å²) >= 11 is 0. The topological polar surface area (TPSA) is 75.4 Å². The number of benzene rings is 1. The van der Waals surface area contributed by atoms with Crippen LogP contribution in [0.15, 0.2) is 35.3 Å². The van der Waals surface area contributed by atoms with E-state index in [1.807, 2.05) is 13.8 Å². The van der Waals surface area contributed by atoms with Gasteiger partial charge in [-0.2, -0.15) is 5.10 Å². The lowest BCUT2D eigenvalue weighted by Crippen LogP contribution is -2.49. The molecule has 0 bridgehead atoms. The van der Waals surface area contributed by atoms with Crippen LogP contribution in [0.5, 0.6) is 5.75 Å². The molecule has 132 valence electrons. The van der Waals surface area contributed by atoms with Gasteiger partial charge in [0.15, 0.2) is 11.4 Å². The van der Waals surface area contributed by atoms with Crippen LogP contribution >= 0.6 is 0 Å². The van der Waals surface area contributed by atoms with E-state index < -0.39 is 17.1 Å². The minimum atomic E-state index is -0.675. The molecule has 0 spiro atoms. The molecule has 0 aliphatic carbocycles. The highest BCUT2D eigenvalue weighted by Crippen LogP contribution is 2.28. The summed E-state index contributed by atoms with van der Waals surface area (Å²) in [5, 5.41) is 14.2. The highest BCUT2D eigenvalue weighted by molar-refractivity contribution is 5.95. The molecule has 25 heavy (non-hydrogen) atoms. The van der Waals surface area contributed by atoms with Gasteiger partial charge in [0.2, 0.25) is 5.43 Å². The number of fused-ring (bicyclic) bond motifs is 1. The van der Waals surface area contributed by atoms with Crippen molar-refractivity contribution >= 4 is 5.91 Å². The lowest BCUT2D eigenvalue weighted by Gasteiger charge is -2.38. The average Bonchev–Trinajstić information content (AvgIpc) is 2.61. The number of hydrogen-bond donors (Lipinski definition) is 1. The molecule has 0 fully saturated rings. The summed E-state index contributed by atoms with van der Waals surface area (Å²) in [7, 11) is 0. The van der Waals surface area contributed by atoms with Crippen LogP contribution in [-0.4, -0.2) is 38.3 Å². The van der Waals surface area contributed by atoms with Crippen LogP contribution < -0.4 is 5.43 Å². The van der Waals surface area contributed by atoms with Crippen LogP contribution in [0.3, 0.4) is 0 Å². The third-order valence-corrected chi connectivity index (χ3v) is 4.71. The zero-order chi connectivity index (χ0) is 18.1. The maximum absolute atomic E-state index is 13.1. The Balaban J connectivity index is 2.04. The van der Waals surface area contributed by atoms with E-state index in [-0.39, 0.29) is 23.6 Å². The van der Waals surface area contributed by atoms with Crippen molar-refractivity contribution in [2.75, 3.05) is 6.54 Å². The smallest absolute Gasteiger partial charge is 0.276 e. The first-order chi connectivity index (χ1) is 11.9. The molecular weight excluding hydrogens is 325 g/mol. The number of nitrogens with zero attached hydrogens (tertiary/aromatic N) is 3. The largest absolute Gasteiger partial charge is 0.502 e. The standard InChI is InChI=1S/C18H20FN3O3/c1-3-11(2)21-10-14(8-12-4-6-13(19)7-5-12)22-16(18(21)25)17(24)15(23)9-20-22/h4-7,9,11,14,24H,3,8,10H2,1-2H3/t11-,14?/m1/s1. The van der Waals surface area contributed by atoms with Gasteiger partial charge in [0.25, 0.3) is 5.91 Å². The Labute approximate surface area is 144 Å². The predicted molar refractivity (Wildman–Crippen MR) is 90.1 cm³/mol. The van der Waals surface area contributed by atoms with Crippen LogP contribution in [0.25, 0.3) is 0 Å². The maximum Gasteiger partial charge on any atom is 0.276 e. The number of hydrogen-bond acceptors (Lipinski definition) is 4. The van der Waals surface area contributed by atoms with Gasteiger partial charge in [-0.3, -0.25) is 14.3 Å². The van der Waals surface area contributed by atoms with Crippen molar-refractivity contribution in [3.8, 4) is 5.75 Å². The van der Waals surface area contributed by atoms with Gasteiger partial charge in [0.1, 0.15) is 5.82 Å². The number of amides is 1. The first-order valence-corrected chi connectivity index (χ1v) is 8.28. The monoisotopic (exact) mass is 345 g/mol. The van der Waals surface area contributed by atoms with Crippen molar-refractivity contribution in [2.45, 2.75) is 38.8 Å². The number of halogens is 1. The number of aromatic nitrogens is 2. The third-order valence-electron chi connectivity index (χ3n) is 4.71. The summed E-state index contributed by atoms with van der Waals surface area (Å²) in [6.45, 7) is 4.30. The Morgan fingerprint density at radius 1 is 1.32 bits per heavy atom. The van der Waals surface area contributed by atoms with Crippen LogP contribution in [0.4, 0.5) is 4.39 Å². The summed E-state index contributed by atoms with van der Waals surface area (Å²) in [5.41, 5.74) is 0.132. The van der Waals surface area contributed by atoms with E-state index in [1.165, 1.54) is 16.8 Å². The first-order valence-electron chi connectivity index (χ1n) is 8.28. The molecule has 6 nitrogen and oxygen atoms in total. The first kappa shape index (κ1) is 17.1. The highest BCUT2D eigenvalue weighted by atomic mass is 19.1. The fourth-order valence-corrected chi connectivity index (χ4v) is 3.10. The number of rotatable bonds is 4. The van der Waals surface area contributed by atoms with Crippen LogP contribution in [0.2, 0.25) is 0 Å². The number of carbonyl (C=O) groups is 1. The van der Waals surface area contributed by atoms with Crippen LogP contribution in [0.1, 0.15) is 42.4 Å². The highest BCUT2D eigenvalue weighted by Gasteiger charge is 2.36. The molecule has 0 saturated carbocycles.